The normalized spacial score (nSPS) is 12.7. The number of sulfone groups is 1. The van der Waals surface area contributed by atoms with Gasteiger partial charge in [-0.3, -0.25) is 4.79 Å². The Labute approximate surface area is 163 Å². The molecule has 1 aromatic heterocycles. The van der Waals surface area contributed by atoms with Gasteiger partial charge in [-0.05, 0) is 67.4 Å². The van der Waals surface area contributed by atoms with Crippen LogP contribution in [0.15, 0.2) is 59.5 Å². The maximum absolute atomic E-state index is 13.4. The van der Waals surface area contributed by atoms with Gasteiger partial charge in [0, 0.05) is 17.6 Å². The Balaban J connectivity index is 2.23. The van der Waals surface area contributed by atoms with E-state index in [4.69, 9.17) is 0 Å². The van der Waals surface area contributed by atoms with Crippen LogP contribution in [0.4, 0.5) is 4.39 Å². The van der Waals surface area contributed by atoms with E-state index in [9.17, 15) is 22.7 Å². The van der Waals surface area contributed by atoms with Crippen LogP contribution in [0, 0.1) is 12.7 Å². The summed E-state index contributed by atoms with van der Waals surface area (Å²) in [5.74, 6) is -2.04. The number of hydrogen-bond acceptors (Lipinski definition) is 3. The smallest absolute Gasteiger partial charge is 0.310 e. The van der Waals surface area contributed by atoms with Gasteiger partial charge in [-0.25, -0.2) is 12.8 Å². The molecule has 1 heterocycles. The lowest BCUT2D eigenvalue weighted by molar-refractivity contribution is -0.138. The Kier molecular flexibility index (Phi) is 5.12. The number of carboxylic acid groups (broad SMARTS) is 1. The molecule has 2 aromatic carbocycles. The SMILES string of the molecule is Cc1c(C(C)C(=O)O)cc(-c2ccc(S(C)(=O)=O)cc2)n1-c1ccc(F)cc1. The molecule has 1 atom stereocenters. The van der Waals surface area contributed by atoms with Crippen molar-refractivity contribution in [2.45, 2.75) is 24.7 Å². The molecule has 1 N–H and O–H groups in total. The fourth-order valence-electron chi connectivity index (χ4n) is 3.21. The molecule has 1 unspecified atom stereocenters. The first kappa shape index (κ1) is 19.8. The van der Waals surface area contributed by atoms with Crippen LogP contribution in [-0.2, 0) is 14.6 Å². The minimum absolute atomic E-state index is 0.201. The molecule has 0 radical (unpaired) electrons. The van der Waals surface area contributed by atoms with E-state index in [0.717, 1.165) is 17.5 Å². The molecule has 0 aliphatic heterocycles. The van der Waals surface area contributed by atoms with Gasteiger partial charge in [0.05, 0.1) is 16.5 Å². The van der Waals surface area contributed by atoms with E-state index in [2.05, 4.69) is 0 Å². The van der Waals surface area contributed by atoms with Crippen LogP contribution in [0.1, 0.15) is 24.1 Å². The lowest BCUT2D eigenvalue weighted by atomic mass is 10.0. The van der Waals surface area contributed by atoms with E-state index >= 15 is 0 Å². The van der Waals surface area contributed by atoms with Crippen molar-refractivity contribution < 1.29 is 22.7 Å². The van der Waals surface area contributed by atoms with Crippen LogP contribution in [0.2, 0.25) is 0 Å². The van der Waals surface area contributed by atoms with Crippen molar-refractivity contribution in [3.63, 3.8) is 0 Å². The Hall–Kier alpha value is -2.93. The van der Waals surface area contributed by atoms with Crippen molar-refractivity contribution >= 4 is 15.8 Å². The average molecular weight is 401 g/mol. The molecule has 0 saturated heterocycles. The number of halogens is 1. The molecule has 7 heteroatoms. The fourth-order valence-corrected chi connectivity index (χ4v) is 3.84. The average Bonchev–Trinajstić information content (AvgIpc) is 2.98. The number of aromatic nitrogens is 1. The van der Waals surface area contributed by atoms with Gasteiger partial charge in [0.1, 0.15) is 5.82 Å². The Morgan fingerprint density at radius 1 is 1.07 bits per heavy atom. The van der Waals surface area contributed by atoms with Gasteiger partial charge in [0.2, 0.25) is 0 Å². The molecule has 5 nitrogen and oxygen atoms in total. The second-order valence-corrected chi connectivity index (χ2v) is 8.75. The molecule has 3 rings (SSSR count). The van der Waals surface area contributed by atoms with Gasteiger partial charge in [-0.1, -0.05) is 12.1 Å². The lowest BCUT2D eigenvalue weighted by Gasteiger charge is -2.13. The predicted octanol–water partition coefficient (Wildman–Crippen LogP) is 4.18. The number of aliphatic carboxylic acids is 1. The van der Waals surface area contributed by atoms with Crippen molar-refractivity contribution in [3.05, 3.63) is 71.7 Å². The Morgan fingerprint density at radius 3 is 2.14 bits per heavy atom. The first-order valence-corrected chi connectivity index (χ1v) is 10.5. The molecule has 0 fully saturated rings. The second kappa shape index (κ2) is 7.24. The number of rotatable bonds is 5. The summed E-state index contributed by atoms with van der Waals surface area (Å²) in [6.07, 6.45) is 1.14. The van der Waals surface area contributed by atoms with Gasteiger partial charge < -0.3 is 9.67 Å². The van der Waals surface area contributed by atoms with Crippen molar-refractivity contribution in [2.24, 2.45) is 0 Å². The summed E-state index contributed by atoms with van der Waals surface area (Å²) in [5.41, 5.74) is 3.48. The fraction of sp³-hybridized carbons (Fsp3) is 0.190. The summed E-state index contributed by atoms with van der Waals surface area (Å²) in [4.78, 5) is 11.7. The van der Waals surface area contributed by atoms with Crippen molar-refractivity contribution in [1.82, 2.24) is 4.57 Å². The van der Waals surface area contributed by atoms with Crippen LogP contribution in [-0.4, -0.2) is 30.3 Å². The summed E-state index contributed by atoms with van der Waals surface area (Å²) >= 11 is 0. The molecule has 0 saturated carbocycles. The van der Waals surface area contributed by atoms with Crippen LogP contribution in [0.25, 0.3) is 16.9 Å². The van der Waals surface area contributed by atoms with E-state index in [1.54, 1.807) is 37.3 Å². The van der Waals surface area contributed by atoms with Crippen molar-refractivity contribution in [3.8, 4) is 16.9 Å². The summed E-state index contributed by atoms with van der Waals surface area (Å²) < 4.78 is 38.7. The number of hydrogen-bond donors (Lipinski definition) is 1. The number of nitrogens with zero attached hydrogens (tertiary/aromatic N) is 1. The molecular weight excluding hydrogens is 381 g/mol. The summed E-state index contributed by atoms with van der Waals surface area (Å²) in [6, 6.07) is 14.1. The van der Waals surface area contributed by atoms with Crippen molar-refractivity contribution in [2.75, 3.05) is 6.26 Å². The third-order valence-corrected chi connectivity index (χ3v) is 5.91. The Bertz CT molecular complexity index is 1130. The second-order valence-electron chi connectivity index (χ2n) is 6.74. The molecule has 0 aliphatic carbocycles. The molecule has 0 spiro atoms. The first-order valence-electron chi connectivity index (χ1n) is 8.61. The van der Waals surface area contributed by atoms with Crippen LogP contribution < -0.4 is 0 Å². The number of carboxylic acids is 1. The number of benzene rings is 2. The molecule has 0 aliphatic rings. The van der Waals surface area contributed by atoms with Crippen LogP contribution in [0.3, 0.4) is 0 Å². The zero-order chi connectivity index (χ0) is 20.6. The van der Waals surface area contributed by atoms with Crippen molar-refractivity contribution in [1.29, 1.82) is 0 Å². The van der Waals surface area contributed by atoms with Crippen LogP contribution in [0.5, 0.6) is 0 Å². The monoisotopic (exact) mass is 401 g/mol. The standard InChI is InChI=1S/C21H20FNO4S/c1-13(21(24)25)19-12-20(15-4-10-18(11-5-15)28(3,26)27)23(14(19)2)17-8-6-16(22)7-9-17/h4-13H,1-3H3,(H,24,25). The Morgan fingerprint density at radius 2 is 1.64 bits per heavy atom. The first-order chi connectivity index (χ1) is 13.1. The molecule has 3 aromatic rings. The van der Waals surface area contributed by atoms with E-state index in [1.807, 2.05) is 11.5 Å². The molecular formula is C21H20FNO4S. The highest BCUT2D eigenvalue weighted by Crippen LogP contribution is 2.33. The molecule has 28 heavy (non-hydrogen) atoms. The quantitative estimate of drug-likeness (QED) is 0.696. The molecule has 0 amide bonds. The lowest BCUT2D eigenvalue weighted by Crippen LogP contribution is -2.08. The number of carbonyl (C=O) groups is 1. The molecule has 146 valence electrons. The summed E-state index contributed by atoms with van der Waals surface area (Å²) in [5, 5.41) is 9.44. The van der Waals surface area contributed by atoms with Gasteiger partial charge in [0.15, 0.2) is 9.84 Å². The van der Waals surface area contributed by atoms with Gasteiger partial charge in [-0.15, -0.1) is 0 Å². The van der Waals surface area contributed by atoms with Gasteiger partial charge in [0.25, 0.3) is 0 Å². The summed E-state index contributed by atoms with van der Waals surface area (Å²) in [6.45, 7) is 3.42. The maximum Gasteiger partial charge on any atom is 0.310 e. The summed E-state index contributed by atoms with van der Waals surface area (Å²) in [7, 11) is -3.32. The van der Waals surface area contributed by atoms with E-state index in [-0.39, 0.29) is 10.7 Å². The zero-order valence-electron chi connectivity index (χ0n) is 15.7. The highest BCUT2D eigenvalue weighted by Gasteiger charge is 2.23. The third kappa shape index (κ3) is 3.71. The van der Waals surface area contributed by atoms with Crippen LogP contribution >= 0.6 is 0 Å². The molecule has 0 bridgehead atoms. The largest absolute Gasteiger partial charge is 0.481 e. The van der Waals surface area contributed by atoms with E-state index < -0.39 is 21.7 Å². The third-order valence-electron chi connectivity index (χ3n) is 4.79. The maximum atomic E-state index is 13.4. The highest BCUT2D eigenvalue weighted by atomic mass is 32.2. The van der Waals surface area contributed by atoms with E-state index in [0.29, 0.717) is 16.9 Å². The minimum Gasteiger partial charge on any atom is -0.481 e. The van der Waals surface area contributed by atoms with Gasteiger partial charge in [-0.2, -0.15) is 0 Å². The zero-order valence-corrected chi connectivity index (χ0v) is 16.5. The highest BCUT2D eigenvalue weighted by molar-refractivity contribution is 7.90. The topological polar surface area (TPSA) is 76.4 Å². The van der Waals surface area contributed by atoms with Gasteiger partial charge >= 0.3 is 5.97 Å². The minimum atomic E-state index is -3.32. The predicted molar refractivity (Wildman–Crippen MR) is 105 cm³/mol. The van der Waals surface area contributed by atoms with E-state index in [1.165, 1.54) is 24.3 Å².